The van der Waals surface area contributed by atoms with Gasteiger partial charge in [-0.3, -0.25) is 4.57 Å². The molecule has 1 saturated carbocycles. The number of aromatic nitrogens is 4. The second-order valence-electron chi connectivity index (χ2n) is 10.3. The summed E-state index contributed by atoms with van der Waals surface area (Å²) in [5.74, 6) is 0.403. The highest BCUT2D eigenvalue weighted by molar-refractivity contribution is 6.00. The summed E-state index contributed by atoms with van der Waals surface area (Å²) in [6.07, 6.45) is 5.62. The number of rotatable bonds is 3. The maximum Gasteiger partial charge on any atom is 0.408 e. The minimum atomic E-state index is -0.541. The number of alkyl carbamates (subject to hydrolysis) is 1. The largest absolute Gasteiger partial charge is 0.444 e. The number of aromatic amines is 2. The Morgan fingerprint density at radius 1 is 1.39 bits per heavy atom. The fraction of sp³-hybridized carbons (Fsp3) is 0.609. The fourth-order valence-corrected chi connectivity index (χ4v) is 5.49. The number of hydrogen-bond donors (Lipinski definition) is 3. The molecular formula is C23H33N5O3. The van der Waals surface area contributed by atoms with Gasteiger partial charge in [0.2, 0.25) is 0 Å². The number of hydrogen-bond acceptors (Lipinski definition) is 4. The lowest BCUT2D eigenvalue weighted by Gasteiger charge is -2.47. The lowest BCUT2D eigenvalue weighted by Crippen LogP contribution is -2.54. The molecule has 4 rings (SSSR count). The second-order valence-corrected chi connectivity index (χ2v) is 10.3. The Morgan fingerprint density at radius 3 is 2.81 bits per heavy atom. The van der Waals surface area contributed by atoms with Gasteiger partial charge < -0.3 is 20.0 Å². The first-order valence-corrected chi connectivity index (χ1v) is 11.1. The quantitative estimate of drug-likeness (QED) is 0.573. The molecule has 1 fully saturated rings. The summed E-state index contributed by atoms with van der Waals surface area (Å²) in [5.41, 5.74) is 1.38. The van der Waals surface area contributed by atoms with Gasteiger partial charge in [-0.2, -0.15) is 0 Å². The van der Waals surface area contributed by atoms with Crippen molar-refractivity contribution < 1.29 is 9.53 Å². The monoisotopic (exact) mass is 427 g/mol. The molecule has 0 spiro atoms. The van der Waals surface area contributed by atoms with Gasteiger partial charge in [0.15, 0.2) is 0 Å². The van der Waals surface area contributed by atoms with Crippen molar-refractivity contribution in [2.24, 2.45) is 11.8 Å². The second kappa shape index (κ2) is 7.43. The Labute approximate surface area is 181 Å². The average molecular weight is 428 g/mol. The summed E-state index contributed by atoms with van der Waals surface area (Å²) >= 11 is 0. The molecule has 8 nitrogen and oxygen atoms in total. The maximum atomic E-state index is 13.1. The van der Waals surface area contributed by atoms with Gasteiger partial charge in [-0.15, -0.1) is 0 Å². The van der Waals surface area contributed by atoms with E-state index in [0.29, 0.717) is 0 Å². The van der Waals surface area contributed by atoms with Gasteiger partial charge in [0.25, 0.3) is 0 Å². The highest BCUT2D eigenvalue weighted by atomic mass is 16.6. The van der Waals surface area contributed by atoms with Crippen molar-refractivity contribution in [3.8, 4) is 0 Å². The molecule has 0 aromatic carbocycles. The molecule has 0 saturated heterocycles. The van der Waals surface area contributed by atoms with Crippen LogP contribution in [0.5, 0.6) is 0 Å². The van der Waals surface area contributed by atoms with Gasteiger partial charge >= 0.3 is 11.8 Å². The molecule has 31 heavy (non-hydrogen) atoms. The molecule has 0 bridgehead atoms. The van der Waals surface area contributed by atoms with Crippen molar-refractivity contribution in [2.45, 2.75) is 78.0 Å². The molecule has 3 heterocycles. The van der Waals surface area contributed by atoms with Crippen molar-refractivity contribution in [3.63, 3.8) is 0 Å². The minimum absolute atomic E-state index is 0.0280. The van der Waals surface area contributed by atoms with Crippen LogP contribution in [0, 0.1) is 11.8 Å². The van der Waals surface area contributed by atoms with Gasteiger partial charge in [0.05, 0.1) is 17.2 Å². The number of pyridine rings is 1. The maximum absolute atomic E-state index is 13.1. The average Bonchev–Trinajstić information content (AvgIpc) is 3.22. The number of imidazole rings is 1. The number of nitrogens with one attached hydrogen (secondary N) is 3. The van der Waals surface area contributed by atoms with E-state index in [1.165, 1.54) is 0 Å². The van der Waals surface area contributed by atoms with Crippen molar-refractivity contribution in [1.82, 2.24) is 24.8 Å². The molecule has 4 atom stereocenters. The summed E-state index contributed by atoms with van der Waals surface area (Å²) in [6, 6.07) is 2.00. The van der Waals surface area contributed by atoms with Crippen molar-refractivity contribution in [1.29, 1.82) is 0 Å². The molecule has 3 aromatic heterocycles. The first-order chi connectivity index (χ1) is 14.5. The number of ether oxygens (including phenoxy) is 1. The van der Waals surface area contributed by atoms with E-state index in [4.69, 9.17) is 4.74 Å². The molecule has 3 aromatic rings. The zero-order valence-electron chi connectivity index (χ0n) is 19.2. The van der Waals surface area contributed by atoms with E-state index in [1.54, 1.807) is 6.20 Å². The lowest BCUT2D eigenvalue weighted by molar-refractivity contribution is 0.0316. The zero-order chi connectivity index (χ0) is 22.6. The SMILES string of the molecule is CCC1CC(C)(NC(=O)OC(C)(C)C)CC(C)C1n1c(=O)[nH]c2cnc3[nH]ccc3c21. The van der Waals surface area contributed by atoms with Crippen LogP contribution in [0.15, 0.2) is 23.3 Å². The summed E-state index contributed by atoms with van der Waals surface area (Å²) in [7, 11) is 0. The number of carbonyl (C=O) groups excluding carboxylic acids is 1. The molecule has 8 heteroatoms. The first kappa shape index (κ1) is 21.5. The summed E-state index contributed by atoms with van der Waals surface area (Å²) in [5, 5.41) is 4.06. The Hall–Kier alpha value is -2.77. The highest BCUT2D eigenvalue weighted by Gasteiger charge is 2.44. The van der Waals surface area contributed by atoms with Crippen LogP contribution in [-0.4, -0.2) is 36.8 Å². The van der Waals surface area contributed by atoms with Gasteiger partial charge in [-0.05, 0) is 58.4 Å². The molecule has 0 aliphatic heterocycles. The van der Waals surface area contributed by atoms with E-state index < -0.39 is 5.60 Å². The van der Waals surface area contributed by atoms with Gasteiger partial charge in [-0.1, -0.05) is 20.3 Å². The predicted octanol–water partition coefficient (Wildman–Crippen LogP) is 4.49. The predicted molar refractivity (Wildman–Crippen MR) is 121 cm³/mol. The van der Waals surface area contributed by atoms with Crippen molar-refractivity contribution in [2.75, 3.05) is 0 Å². The molecule has 0 radical (unpaired) electrons. The first-order valence-electron chi connectivity index (χ1n) is 11.1. The van der Waals surface area contributed by atoms with Gasteiger partial charge in [0.1, 0.15) is 11.2 Å². The van der Waals surface area contributed by atoms with Crippen LogP contribution in [0.4, 0.5) is 4.79 Å². The van der Waals surface area contributed by atoms with Gasteiger partial charge in [-0.25, -0.2) is 14.6 Å². The molecule has 168 valence electrons. The van der Waals surface area contributed by atoms with E-state index in [9.17, 15) is 9.59 Å². The molecule has 4 unspecified atom stereocenters. The van der Waals surface area contributed by atoms with E-state index in [-0.39, 0.29) is 35.2 Å². The Bertz CT molecular complexity index is 1170. The van der Waals surface area contributed by atoms with Crippen LogP contribution in [0.1, 0.15) is 66.8 Å². The molecule has 1 aliphatic rings. The number of nitrogens with zero attached hydrogens (tertiary/aromatic N) is 2. The van der Waals surface area contributed by atoms with E-state index in [0.717, 1.165) is 41.3 Å². The number of fused-ring (bicyclic) bond motifs is 3. The summed E-state index contributed by atoms with van der Waals surface area (Å²) in [6.45, 7) is 12.0. The van der Waals surface area contributed by atoms with Crippen molar-refractivity contribution >= 4 is 28.2 Å². The summed E-state index contributed by atoms with van der Waals surface area (Å²) in [4.78, 5) is 36.1. The Kier molecular flexibility index (Phi) is 5.14. The molecule has 3 N–H and O–H groups in total. The Balaban J connectivity index is 1.70. The smallest absolute Gasteiger partial charge is 0.408 e. The van der Waals surface area contributed by atoms with Crippen molar-refractivity contribution in [3.05, 3.63) is 28.9 Å². The van der Waals surface area contributed by atoms with Crippen LogP contribution in [-0.2, 0) is 4.74 Å². The standard InChI is InChI=1S/C23H33N5O3/c1-7-14-11-23(6,27-21(30)31-22(3,4)5)10-13(2)17(14)28-18-15-8-9-24-19(15)25-12-16(18)26-20(28)29/h8-9,12-14,17H,7,10-11H2,1-6H3,(H,24,25)(H,26,29)(H,27,30). The van der Waals surface area contributed by atoms with Crippen LogP contribution >= 0.6 is 0 Å². The fourth-order valence-electron chi connectivity index (χ4n) is 5.49. The van der Waals surface area contributed by atoms with Crippen LogP contribution in [0.3, 0.4) is 0 Å². The number of H-pyrrole nitrogens is 2. The topological polar surface area (TPSA) is 105 Å². The van der Waals surface area contributed by atoms with Gasteiger partial charge in [0, 0.05) is 23.2 Å². The van der Waals surface area contributed by atoms with Crippen LogP contribution in [0.2, 0.25) is 0 Å². The molecular weight excluding hydrogens is 394 g/mol. The zero-order valence-corrected chi connectivity index (χ0v) is 19.2. The number of carbonyl (C=O) groups is 1. The van der Waals surface area contributed by atoms with Crippen LogP contribution in [0.25, 0.3) is 22.1 Å². The summed E-state index contributed by atoms with van der Waals surface area (Å²) < 4.78 is 7.43. The van der Waals surface area contributed by atoms with E-state index in [1.807, 2.05) is 37.6 Å². The highest BCUT2D eigenvalue weighted by Crippen LogP contribution is 2.45. The van der Waals surface area contributed by atoms with E-state index in [2.05, 4.69) is 41.0 Å². The molecule has 1 amide bonds. The third-order valence-corrected chi connectivity index (χ3v) is 6.44. The Morgan fingerprint density at radius 2 is 2.13 bits per heavy atom. The van der Waals surface area contributed by atoms with E-state index >= 15 is 0 Å². The minimum Gasteiger partial charge on any atom is -0.444 e. The van der Waals surface area contributed by atoms with Crippen LogP contribution < -0.4 is 11.0 Å². The number of amides is 1. The third kappa shape index (κ3) is 3.95. The molecule has 1 aliphatic carbocycles. The lowest BCUT2D eigenvalue weighted by atomic mass is 9.68. The normalized spacial score (nSPS) is 27.0. The third-order valence-electron chi connectivity index (χ3n) is 6.44.